The van der Waals surface area contributed by atoms with Gasteiger partial charge in [0.05, 0.1) is 6.26 Å². The van der Waals surface area contributed by atoms with Gasteiger partial charge in [-0.25, -0.2) is 0 Å². The summed E-state index contributed by atoms with van der Waals surface area (Å²) in [5.41, 5.74) is 1.71. The molecule has 14 heavy (non-hydrogen) atoms. The molecule has 0 bridgehead atoms. The number of furan rings is 1. The highest BCUT2D eigenvalue weighted by atomic mass is 127. The summed E-state index contributed by atoms with van der Waals surface area (Å²) in [4.78, 5) is 10.0. The van der Waals surface area contributed by atoms with Crippen molar-refractivity contribution < 1.29 is 13.9 Å². The SMILES string of the molecule is O=COCc1coc2cc(I)ccc12. The molecule has 0 radical (unpaired) electrons. The first-order valence-electron chi connectivity index (χ1n) is 4.02. The van der Waals surface area contributed by atoms with Gasteiger partial charge in [-0.15, -0.1) is 0 Å². The van der Waals surface area contributed by atoms with E-state index < -0.39 is 0 Å². The number of ether oxygens (including phenoxy) is 1. The molecule has 0 fully saturated rings. The highest BCUT2D eigenvalue weighted by molar-refractivity contribution is 14.1. The molecule has 0 aliphatic rings. The lowest BCUT2D eigenvalue weighted by molar-refractivity contribution is -0.129. The molecule has 0 saturated carbocycles. The fourth-order valence-electron chi connectivity index (χ4n) is 1.29. The topological polar surface area (TPSA) is 39.4 Å². The van der Waals surface area contributed by atoms with Crippen LogP contribution in [0.1, 0.15) is 5.56 Å². The van der Waals surface area contributed by atoms with E-state index in [9.17, 15) is 4.79 Å². The molecule has 0 spiro atoms. The predicted octanol–water partition coefficient (Wildman–Crippen LogP) is 2.71. The third kappa shape index (κ3) is 1.75. The zero-order valence-corrected chi connectivity index (χ0v) is 9.35. The molecule has 1 aromatic heterocycles. The number of halogens is 1. The first-order valence-corrected chi connectivity index (χ1v) is 5.10. The molecule has 2 aromatic rings. The van der Waals surface area contributed by atoms with Gasteiger partial charge >= 0.3 is 0 Å². The fourth-order valence-corrected chi connectivity index (χ4v) is 1.76. The van der Waals surface area contributed by atoms with Crippen molar-refractivity contribution in [3.63, 3.8) is 0 Å². The Morgan fingerprint density at radius 1 is 1.50 bits per heavy atom. The summed E-state index contributed by atoms with van der Waals surface area (Å²) in [6, 6.07) is 5.90. The molecule has 3 nitrogen and oxygen atoms in total. The van der Waals surface area contributed by atoms with Crippen molar-refractivity contribution in [1.29, 1.82) is 0 Å². The molecule has 72 valence electrons. The molecule has 0 amide bonds. The highest BCUT2D eigenvalue weighted by Gasteiger charge is 2.05. The average Bonchev–Trinajstić information content (AvgIpc) is 2.57. The molecule has 0 saturated heterocycles. The lowest BCUT2D eigenvalue weighted by atomic mass is 10.2. The van der Waals surface area contributed by atoms with Gasteiger partial charge in [0.15, 0.2) is 0 Å². The van der Waals surface area contributed by atoms with E-state index in [4.69, 9.17) is 4.42 Å². The lowest BCUT2D eigenvalue weighted by Crippen LogP contribution is -1.87. The van der Waals surface area contributed by atoms with Crippen LogP contribution in [0.5, 0.6) is 0 Å². The maximum Gasteiger partial charge on any atom is 0.293 e. The third-order valence-electron chi connectivity index (χ3n) is 1.92. The van der Waals surface area contributed by atoms with Crippen molar-refractivity contribution in [3.8, 4) is 0 Å². The second-order valence-corrected chi connectivity index (χ2v) is 4.05. The number of hydrogen-bond donors (Lipinski definition) is 0. The average molecular weight is 302 g/mol. The number of carbonyl (C=O) groups is 1. The van der Waals surface area contributed by atoms with Gasteiger partial charge < -0.3 is 9.15 Å². The lowest BCUT2D eigenvalue weighted by Gasteiger charge is -1.95. The highest BCUT2D eigenvalue weighted by Crippen LogP contribution is 2.23. The maximum absolute atomic E-state index is 10.0. The van der Waals surface area contributed by atoms with Crippen molar-refractivity contribution in [3.05, 3.63) is 33.6 Å². The summed E-state index contributed by atoms with van der Waals surface area (Å²) in [6.45, 7) is 0.697. The molecule has 0 aliphatic carbocycles. The van der Waals surface area contributed by atoms with Gasteiger partial charge in [0, 0.05) is 14.5 Å². The second kappa shape index (κ2) is 4.00. The van der Waals surface area contributed by atoms with Gasteiger partial charge in [0.25, 0.3) is 6.47 Å². The minimum Gasteiger partial charge on any atom is -0.464 e. The molecule has 2 rings (SSSR count). The van der Waals surface area contributed by atoms with Crippen LogP contribution in [0.2, 0.25) is 0 Å². The standard InChI is InChI=1S/C10H7IO3/c11-8-1-2-9-7(4-13-6-12)5-14-10(9)3-8/h1-3,5-6H,4H2. The van der Waals surface area contributed by atoms with Crippen LogP contribution in [-0.2, 0) is 16.1 Å². The van der Waals surface area contributed by atoms with Crippen LogP contribution in [0.25, 0.3) is 11.0 Å². The van der Waals surface area contributed by atoms with E-state index >= 15 is 0 Å². The van der Waals surface area contributed by atoms with Gasteiger partial charge in [0.2, 0.25) is 0 Å². The second-order valence-electron chi connectivity index (χ2n) is 2.81. The Hall–Kier alpha value is -1.04. The first kappa shape index (κ1) is 9.51. The number of rotatable bonds is 3. The van der Waals surface area contributed by atoms with Crippen LogP contribution in [0.15, 0.2) is 28.9 Å². The van der Waals surface area contributed by atoms with Gasteiger partial charge in [-0.3, -0.25) is 4.79 Å². The third-order valence-corrected chi connectivity index (χ3v) is 2.60. The van der Waals surface area contributed by atoms with Crippen LogP contribution in [0.3, 0.4) is 0 Å². The Morgan fingerprint density at radius 2 is 2.36 bits per heavy atom. The van der Waals surface area contributed by atoms with E-state index in [1.165, 1.54) is 0 Å². The molecular weight excluding hydrogens is 295 g/mol. The maximum atomic E-state index is 10.0. The molecule has 0 aliphatic heterocycles. The minimum atomic E-state index is 0.261. The summed E-state index contributed by atoms with van der Waals surface area (Å²) in [5.74, 6) is 0. The van der Waals surface area contributed by atoms with E-state index in [-0.39, 0.29) is 6.61 Å². The van der Waals surface area contributed by atoms with Crippen molar-refractivity contribution in [2.75, 3.05) is 0 Å². The minimum absolute atomic E-state index is 0.261. The largest absolute Gasteiger partial charge is 0.464 e. The predicted molar refractivity (Wildman–Crippen MR) is 59.8 cm³/mol. The summed E-state index contributed by atoms with van der Waals surface area (Å²) in [6.07, 6.45) is 1.62. The van der Waals surface area contributed by atoms with E-state index in [0.29, 0.717) is 6.47 Å². The van der Waals surface area contributed by atoms with Gasteiger partial charge in [-0.05, 0) is 40.8 Å². The Labute approximate surface area is 94.2 Å². The Kier molecular flexibility index (Phi) is 2.72. The quantitative estimate of drug-likeness (QED) is 0.646. The van der Waals surface area contributed by atoms with Crippen LogP contribution >= 0.6 is 22.6 Å². The molecule has 1 heterocycles. The molecule has 0 unspecified atom stereocenters. The van der Waals surface area contributed by atoms with Crippen molar-refractivity contribution in [2.45, 2.75) is 6.61 Å². The Balaban J connectivity index is 2.42. The van der Waals surface area contributed by atoms with Gasteiger partial charge in [0.1, 0.15) is 12.2 Å². The number of hydrogen-bond acceptors (Lipinski definition) is 3. The van der Waals surface area contributed by atoms with E-state index in [1.807, 2.05) is 18.2 Å². The summed E-state index contributed by atoms with van der Waals surface area (Å²) >= 11 is 2.22. The molecule has 1 aromatic carbocycles. The monoisotopic (exact) mass is 302 g/mol. The summed E-state index contributed by atoms with van der Waals surface area (Å²) < 4.78 is 11.1. The van der Waals surface area contributed by atoms with Crippen LogP contribution in [0.4, 0.5) is 0 Å². The van der Waals surface area contributed by atoms with Crippen LogP contribution in [-0.4, -0.2) is 6.47 Å². The molecule has 0 atom stereocenters. The molecule has 0 N–H and O–H groups in total. The first-order chi connectivity index (χ1) is 6.81. The van der Waals surface area contributed by atoms with E-state index in [0.717, 1.165) is 20.1 Å². The van der Waals surface area contributed by atoms with Crippen LogP contribution < -0.4 is 0 Å². The van der Waals surface area contributed by atoms with Crippen molar-refractivity contribution in [1.82, 2.24) is 0 Å². The van der Waals surface area contributed by atoms with Gasteiger partial charge in [-0.2, -0.15) is 0 Å². The zero-order valence-electron chi connectivity index (χ0n) is 7.20. The number of fused-ring (bicyclic) bond motifs is 1. The number of carbonyl (C=O) groups excluding carboxylic acids is 1. The Morgan fingerprint density at radius 3 is 3.14 bits per heavy atom. The van der Waals surface area contributed by atoms with Crippen molar-refractivity contribution in [2.24, 2.45) is 0 Å². The van der Waals surface area contributed by atoms with Crippen LogP contribution in [0, 0.1) is 3.57 Å². The van der Waals surface area contributed by atoms with Gasteiger partial charge in [-0.1, -0.05) is 0 Å². The Bertz CT molecular complexity index is 461. The fraction of sp³-hybridized carbons (Fsp3) is 0.100. The van der Waals surface area contributed by atoms with Crippen molar-refractivity contribution >= 4 is 40.0 Å². The summed E-state index contributed by atoms with van der Waals surface area (Å²) in [5, 5.41) is 0.993. The molecular formula is C10H7IO3. The molecule has 4 heteroatoms. The zero-order chi connectivity index (χ0) is 9.97. The number of benzene rings is 1. The smallest absolute Gasteiger partial charge is 0.293 e. The normalized spacial score (nSPS) is 10.4. The van der Waals surface area contributed by atoms with E-state index in [2.05, 4.69) is 27.3 Å². The summed E-state index contributed by atoms with van der Waals surface area (Å²) in [7, 11) is 0. The van der Waals surface area contributed by atoms with E-state index in [1.54, 1.807) is 6.26 Å².